The van der Waals surface area contributed by atoms with E-state index in [0.717, 1.165) is 5.69 Å². The third kappa shape index (κ3) is 3.79. The summed E-state index contributed by atoms with van der Waals surface area (Å²) in [5.74, 6) is 0. The molecule has 1 aliphatic rings. The van der Waals surface area contributed by atoms with Gasteiger partial charge in [0, 0.05) is 24.0 Å². The predicted molar refractivity (Wildman–Crippen MR) is 89.5 cm³/mol. The topological polar surface area (TPSA) is 35.5 Å². The van der Waals surface area contributed by atoms with Crippen molar-refractivity contribution in [1.29, 1.82) is 0 Å². The van der Waals surface area contributed by atoms with Crippen molar-refractivity contribution in [1.82, 2.24) is 0 Å². The van der Waals surface area contributed by atoms with Crippen LogP contribution in [0.2, 0.25) is 6.82 Å². The second kappa shape index (κ2) is 6.23. The van der Waals surface area contributed by atoms with Gasteiger partial charge in [0.1, 0.15) is 0 Å². The Morgan fingerprint density at radius 1 is 1.14 bits per heavy atom. The monoisotopic (exact) mass is 280 g/mol. The number of rotatable bonds is 6. The molecule has 1 fully saturated rings. The number of nitrogens with one attached hydrogen (secondary N) is 1. The van der Waals surface area contributed by atoms with Gasteiger partial charge in [0.15, 0.2) is 0 Å². The number of anilines is 2. The number of hydrogen-bond donors (Lipinski definition) is 2. The van der Waals surface area contributed by atoms with Crippen molar-refractivity contribution in [3.05, 3.63) is 60.2 Å². The van der Waals surface area contributed by atoms with Gasteiger partial charge in [-0.3, -0.25) is 0 Å². The average molecular weight is 280 g/mol. The quantitative estimate of drug-likeness (QED) is 0.796. The zero-order chi connectivity index (χ0) is 14.7. The van der Waals surface area contributed by atoms with Crippen molar-refractivity contribution in [3.8, 4) is 0 Å². The molecule has 0 bridgehead atoms. The first-order chi connectivity index (χ1) is 10.2. The van der Waals surface area contributed by atoms with Crippen LogP contribution in [0, 0.1) is 0 Å². The van der Waals surface area contributed by atoms with Gasteiger partial charge in [0.05, 0.1) is 0 Å². The molecule has 0 unspecified atom stereocenters. The minimum absolute atomic E-state index is 0.521. The van der Waals surface area contributed by atoms with Crippen molar-refractivity contribution in [2.24, 2.45) is 0 Å². The maximum Gasteiger partial charge on any atom is 0.409 e. The fourth-order valence-electron chi connectivity index (χ4n) is 2.48. The predicted octanol–water partition coefficient (Wildman–Crippen LogP) is 3.38. The molecule has 0 atom stereocenters. The normalized spacial score (nSPS) is 13.8. The molecule has 0 radical (unpaired) electrons. The summed E-state index contributed by atoms with van der Waals surface area (Å²) in [6.45, 7) is 2.50. The van der Waals surface area contributed by atoms with Crippen molar-refractivity contribution in [3.63, 3.8) is 0 Å². The van der Waals surface area contributed by atoms with Crippen LogP contribution in [-0.2, 0) is 6.54 Å². The summed E-state index contributed by atoms with van der Waals surface area (Å²) in [4.78, 5) is 2.00. The van der Waals surface area contributed by atoms with Gasteiger partial charge in [-0.1, -0.05) is 30.3 Å². The van der Waals surface area contributed by atoms with E-state index in [9.17, 15) is 5.02 Å². The molecule has 0 heterocycles. The van der Waals surface area contributed by atoms with Crippen LogP contribution in [-0.4, -0.2) is 18.1 Å². The molecule has 1 aliphatic carbocycles. The highest BCUT2D eigenvalue weighted by Gasteiger charge is 2.21. The molecule has 108 valence electrons. The Kier molecular flexibility index (Phi) is 4.16. The summed E-state index contributed by atoms with van der Waals surface area (Å²) >= 11 is 0. The zero-order valence-electron chi connectivity index (χ0n) is 12.4. The van der Waals surface area contributed by atoms with Crippen LogP contribution >= 0.6 is 0 Å². The third-order valence-electron chi connectivity index (χ3n) is 3.77. The Morgan fingerprint density at radius 3 is 2.57 bits per heavy atom. The molecular weight excluding hydrogens is 259 g/mol. The van der Waals surface area contributed by atoms with Crippen LogP contribution in [0.4, 0.5) is 11.4 Å². The largest absolute Gasteiger partial charge is 0.432 e. The molecule has 0 amide bonds. The Balaban J connectivity index is 1.76. The summed E-state index contributed by atoms with van der Waals surface area (Å²) in [7, 11) is -0.521. The summed E-state index contributed by atoms with van der Waals surface area (Å²) < 4.78 is 0. The van der Waals surface area contributed by atoms with Crippen molar-refractivity contribution in [2.45, 2.75) is 32.3 Å². The molecule has 1 saturated carbocycles. The SMILES string of the molecule is CB(O)N(Cc1cccc(NC2CC2)c1)c1ccccc1. The number of hydrogen-bond acceptors (Lipinski definition) is 3. The Labute approximate surface area is 126 Å². The molecule has 0 aromatic heterocycles. The highest BCUT2D eigenvalue weighted by Crippen LogP contribution is 2.26. The van der Waals surface area contributed by atoms with Crippen molar-refractivity contribution in [2.75, 3.05) is 10.1 Å². The van der Waals surface area contributed by atoms with Gasteiger partial charge in [-0.05, 0) is 49.5 Å². The van der Waals surface area contributed by atoms with Crippen LogP contribution < -0.4 is 10.1 Å². The average Bonchev–Trinajstić information content (AvgIpc) is 3.30. The first-order valence-corrected chi connectivity index (χ1v) is 7.57. The fraction of sp³-hybridized carbons (Fsp3) is 0.294. The van der Waals surface area contributed by atoms with Crippen LogP contribution in [0.15, 0.2) is 54.6 Å². The van der Waals surface area contributed by atoms with Gasteiger partial charge in [-0.25, -0.2) is 0 Å². The first kappa shape index (κ1) is 14.0. The van der Waals surface area contributed by atoms with Crippen LogP contribution in [0.25, 0.3) is 0 Å². The van der Waals surface area contributed by atoms with E-state index in [-0.39, 0.29) is 0 Å². The molecule has 2 aromatic carbocycles. The van der Waals surface area contributed by atoms with E-state index in [1.165, 1.54) is 24.1 Å². The van der Waals surface area contributed by atoms with E-state index in [1.54, 1.807) is 6.82 Å². The van der Waals surface area contributed by atoms with E-state index < -0.39 is 7.05 Å². The van der Waals surface area contributed by atoms with E-state index in [1.807, 2.05) is 35.1 Å². The Hall–Kier alpha value is -1.94. The lowest BCUT2D eigenvalue weighted by Gasteiger charge is -2.26. The smallest absolute Gasteiger partial charge is 0.409 e. The number of benzene rings is 2. The highest BCUT2D eigenvalue weighted by atomic mass is 16.2. The van der Waals surface area contributed by atoms with Gasteiger partial charge in [-0.15, -0.1) is 0 Å². The minimum Gasteiger partial charge on any atom is -0.432 e. The van der Waals surface area contributed by atoms with E-state index >= 15 is 0 Å². The van der Waals surface area contributed by atoms with Gasteiger partial charge in [-0.2, -0.15) is 0 Å². The van der Waals surface area contributed by atoms with Crippen molar-refractivity contribution >= 4 is 18.4 Å². The van der Waals surface area contributed by atoms with E-state index in [4.69, 9.17) is 0 Å². The second-order valence-corrected chi connectivity index (χ2v) is 5.71. The molecule has 3 rings (SSSR count). The standard InChI is InChI=1S/C17H21BN2O/c1-18(21)20(17-8-3-2-4-9-17)13-14-6-5-7-16(12-14)19-15-10-11-15/h2-9,12,15,19,21H,10-11,13H2,1H3. The molecule has 0 spiro atoms. The van der Waals surface area contributed by atoms with E-state index in [0.29, 0.717) is 12.6 Å². The van der Waals surface area contributed by atoms with Gasteiger partial charge in [0.25, 0.3) is 0 Å². The highest BCUT2D eigenvalue weighted by molar-refractivity contribution is 6.53. The Morgan fingerprint density at radius 2 is 1.90 bits per heavy atom. The van der Waals surface area contributed by atoms with Gasteiger partial charge < -0.3 is 15.2 Å². The number of nitrogens with zero attached hydrogens (tertiary/aromatic N) is 1. The maximum absolute atomic E-state index is 10.1. The van der Waals surface area contributed by atoms with Gasteiger partial charge in [0.2, 0.25) is 0 Å². The van der Waals surface area contributed by atoms with Crippen molar-refractivity contribution < 1.29 is 5.02 Å². The lowest BCUT2D eigenvalue weighted by molar-refractivity contribution is 0.569. The van der Waals surface area contributed by atoms with E-state index in [2.05, 4.69) is 29.6 Å². The molecule has 0 saturated heterocycles. The zero-order valence-corrected chi connectivity index (χ0v) is 12.4. The molecule has 3 nitrogen and oxygen atoms in total. The molecule has 2 N–H and O–H groups in total. The summed E-state index contributed by atoms with van der Waals surface area (Å²) in [5, 5.41) is 13.6. The molecule has 0 aliphatic heterocycles. The lowest BCUT2D eigenvalue weighted by Crippen LogP contribution is -2.36. The third-order valence-corrected chi connectivity index (χ3v) is 3.77. The lowest BCUT2D eigenvalue weighted by atomic mass is 9.83. The maximum atomic E-state index is 10.1. The van der Waals surface area contributed by atoms with Gasteiger partial charge >= 0.3 is 7.05 Å². The fourth-order valence-corrected chi connectivity index (χ4v) is 2.48. The van der Waals surface area contributed by atoms with Crippen LogP contribution in [0.1, 0.15) is 18.4 Å². The number of para-hydroxylation sites is 1. The molecular formula is C17H21BN2O. The minimum atomic E-state index is -0.521. The second-order valence-electron chi connectivity index (χ2n) is 5.71. The molecule has 4 heteroatoms. The first-order valence-electron chi connectivity index (χ1n) is 7.57. The molecule has 2 aromatic rings. The summed E-state index contributed by atoms with van der Waals surface area (Å²) in [5.41, 5.74) is 3.41. The molecule has 21 heavy (non-hydrogen) atoms. The van der Waals surface area contributed by atoms with Crippen LogP contribution in [0.5, 0.6) is 0 Å². The summed E-state index contributed by atoms with van der Waals surface area (Å²) in [6.07, 6.45) is 2.54. The summed E-state index contributed by atoms with van der Waals surface area (Å²) in [6, 6.07) is 19.2. The van der Waals surface area contributed by atoms with Crippen LogP contribution in [0.3, 0.4) is 0 Å². The Bertz CT molecular complexity index is 584.